The topological polar surface area (TPSA) is 61.9 Å². The van der Waals surface area contributed by atoms with E-state index in [-0.39, 0.29) is 11.7 Å². The fraction of sp³-hybridized carbons (Fsp3) is 0.190. The number of halogens is 1. The molecule has 3 aromatic rings. The van der Waals surface area contributed by atoms with Crippen molar-refractivity contribution in [3.05, 3.63) is 65.8 Å². The SMILES string of the molecule is CN(CCC#N)C(=O)CSc1ncc(-c2ccccc2)n1-c1cccc(Cl)c1. The van der Waals surface area contributed by atoms with Crippen LogP contribution in [0.25, 0.3) is 16.9 Å². The Morgan fingerprint density at radius 1 is 1.25 bits per heavy atom. The van der Waals surface area contributed by atoms with Gasteiger partial charge in [0.15, 0.2) is 5.16 Å². The summed E-state index contributed by atoms with van der Waals surface area (Å²) in [6.07, 6.45) is 2.13. The van der Waals surface area contributed by atoms with E-state index in [1.165, 1.54) is 11.8 Å². The van der Waals surface area contributed by atoms with Crippen molar-refractivity contribution in [2.24, 2.45) is 0 Å². The van der Waals surface area contributed by atoms with Gasteiger partial charge in [-0.15, -0.1) is 0 Å². The van der Waals surface area contributed by atoms with Gasteiger partial charge in [-0.25, -0.2) is 4.98 Å². The normalized spacial score (nSPS) is 10.5. The van der Waals surface area contributed by atoms with Gasteiger partial charge in [0, 0.05) is 29.9 Å². The quantitative estimate of drug-likeness (QED) is 0.531. The number of hydrogen-bond acceptors (Lipinski definition) is 4. The summed E-state index contributed by atoms with van der Waals surface area (Å²) in [4.78, 5) is 18.5. The third kappa shape index (κ3) is 4.75. The number of aromatic nitrogens is 2. The summed E-state index contributed by atoms with van der Waals surface area (Å²) in [6.45, 7) is 0.424. The molecule has 3 rings (SSSR count). The van der Waals surface area contributed by atoms with E-state index >= 15 is 0 Å². The molecule has 28 heavy (non-hydrogen) atoms. The van der Waals surface area contributed by atoms with E-state index in [9.17, 15) is 4.79 Å². The molecule has 0 aliphatic carbocycles. The lowest BCUT2D eigenvalue weighted by Gasteiger charge is -2.16. The summed E-state index contributed by atoms with van der Waals surface area (Å²) in [5.74, 6) is 0.204. The highest BCUT2D eigenvalue weighted by atomic mass is 35.5. The first-order chi connectivity index (χ1) is 13.6. The lowest BCUT2D eigenvalue weighted by molar-refractivity contribution is -0.127. The zero-order valence-electron chi connectivity index (χ0n) is 15.4. The van der Waals surface area contributed by atoms with Crippen LogP contribution in [-0.2, 0) is 4.79 Å². The fourth-order valence-electron chi connectivity index (χ4n) is 2.69. The van der Waals surface area contributed by atoms with Gasteiger partial charge in [-0.3, -0.25) is 9.36 Å². The number of imidazole rings is 1. The highest BCUT2D eigenvalue weighted by Crippen LogP contribution is 2.30. The van der Waals surface area contributed by atoms with Gasteiger partial charge >= 0.3 is 0 Å². The molecule has 0 aliphatic rings. The minimum atomic E-state index is -0.0397. The number of carbonyl (C=O) groups excluding carboxylic acids is 1. The van der Waals surface area contributed by atoms with Crippen LogP contribution in [-0.4, -0.2) is 39.7 Å². The van der Waals surface area contributed by atoms with E-state index in [1.54, 1.807) is 11.9 Å². The Balaban J connectivity index is 1.90. The van der Waals surface area contributed by atoms with E-state index in [4.69, 9.17) is 16.9 Å². The zero-order chi connectivity index (χ0) is 19.9. The summed E-state index contributed by atoms with van der Waals surface area (Å²) in [5, 5.41) is 10.0. The molecule has 0 radical (unpaired) electrons. The average molecular weight is 411 g/mol. The van der Waals surface area contributed by atoms with Crippen molar-refractivity contribution >= 4 is 29.3 Å². The number of thioether (sulfide) groups is 1. The molecule has 0 N–H and O–H groups in total. The molecule has 7 heteroatoms. The van der Waals surface area contributed by atoms with Crippen molar-refractivity contribution in [2.75, 3.05) is 19.3 Å². The predicted octanol–water partition coefficient (Wildman–Crippen LogP) is 4.66. The second-order valence-electron chi connectivity index (χ2n) is 6.12. The Hall–Kier alpha value is -2.75. The number of hydrogen-bond donors (Lipinski definition) is 0. The maximum Gasteiger partial charge on any atom is 0.232 e. The molecular formula is C21H19ClN4OS. The Morgan fingerprint density at radius 3 is 2.75 bits per heavy atom. The summed E-state index contributed by atoms with van der Waals surface area (Å²) in [6, 6.07) is 19.6. The van der Waals surface area contributed by atoms with Crippen LogP contribution in [0.3, 0.4) is 0 Å². The van der Waals surface area contributed by atoms with Crippen molar-refractivity contribution in [1.82, 2.24) is 14.5 Å². The molecule has 0 atom stereocenters. The van der Waals surface area contributed by atoms with Crippen LogP contribution in [0.1, 0.15) is 6.42 Å². The Labute approximate surface area is 173 Å². The van der Waals surface area contributed by atoms with Crippen molar-refractivity contribution in [1.29, 1.82) is 5.26 Å². The third-order valence-corrected chi connectivity index (χ3v) is 5.35. The molecule has 0 aliphatic heterocycles. The smallest absolute Gasteiger partial charge is 0.232 e. The monoisotopic (exact) mass is 410 g/mol. The first kappa shape index (κ1) is 20.0. The third-order valence-electron chi connectivity index (χ3n) is 4.17. The highest BCUT2D eigenvalue weighted by molar-refractivity contribution is 7.99. The van der Waals surface area contributed by atoms with Crippen LogP contribution < -0.4 is 0 Å². The maximum absolute atomic E-state index is 12.3. The zero-order valence-corrected chi connectivity index (χ0v) is 17.0. The summed E-state index contributed by atoms with van der Waals surface area (Å²) in [7, 11) is 1.71. The number of amides is 1. The van der Waals surface area contributed by atoms with Gasteiger partial charge in [-0.2, -0.15) is 5.26 Å². The molecule has 0 bridgehead atoms. The molecule has 1 heterocycles. The van der Waals surface area contributed by atoms with Crippen LogP contribution in [0, 0.1) is 11.3 Å². The van der Waals surface area contributed by atoms with E-state index < -0.39 is 0 Å². The van der Waals surface area contributed by atoms with Crippen LogP contribution in [0.4, 0.5) is 0 Å². The standard InChI is InChI=1S/C21H19ClN4OS/c1-25(12-6-11-23)20(27)15-28-21-24-14-19(16-7-3-2-4-8-16)26(21)18-10-5-9-17(22)13-18/h2-5,7-10,13-14H,6,12,15H2,1H3. The minimum Gasteiger partial charge on any atom is -0.344 e. The van der Waals surface area contributed by atoms with E-state index in [0.29, 0.717) is 23.1 Å². The molecule has 5 nitrogen and oxygen atoms in total. The van der Waals surface area contributed by atoms with Crippen LogP contribution in [0.2, 0.25) is 5.02 Å². The molecule has 0 spiro atoms. The van der Waals surface area contributed by atoms with E-state index in [0.717, 1.165) is 16.9 Å². The molecule has 0 fully saturated rings. The van der Waals surface area contributed by atoms with Gasteiger partial charge in [0.05, 0.1) is 30.1 Å². The largest absolute Gasteiger partial charge is 0.344 e. The van der Waals surface area contributed by atoms with Gasteiger partial charge in [-0.1, -0.05) is 59.8 Å². The number of nitrogens with zero attached hydrogens (tertiary/aromatic N) is 4. The highest BCUT2D eigenvalue weighted by Gasteiger charge is 2.17. The second-order valence-corrected chi connectivity index (χ2v) is 7.50. The lowest BCUT2D eigenvalue weighted by atomic mass is 10.1. The number of benzene rings is 2. The van der Waals surface area contributed by atoms with Crippen LogP contribution >= 0.6 is 23.4 Å². The molecule has 142 valence electrons. The van der Waals surface area contributed by atoms with Crippen molar-refractivity contribution in [3.8, 4) is 23.0 Å². The van der Waals surface area contributed by atoms with E-state index in [1.807, 2.05) is 65.4 Å². The number of rotatable bonds is 7. The summed E-state index contributed by atoms with van der Waals surface area (Å²) >= 11 is 7.57. The van der Waals surface area contributed by atoms with E-state index in [2.05, 4.69) is 11.1 Å². The van der Waals surface area contributed by atoms with Gasteiger partial charge < -0.3 is 4.90 Å². The number of nitriles is 1. The summed E-state index contributed by atoms with van der Waals surface area (Å²) < 4.78 is 2.01. The van der Waals surface area contributed by atoms with Gasteiger partial charge in [0.1, 0.15) is 0 Å². The fourth-order valence-corrected chi connectivity index (χ4v) is 3.81. The summed E-state index contributed by atoms with van der Waals surface area (Å²) in [5.41, 5.74) is 2.84. The average Bonchev–Trinajstić information content (AvgIpc) is 3.14. The minimum absolute atomic E-state index is 0.0397. The van der Waals surface area contributed by atoms with Crippen LogP contribution in [0.15, 0.2) is 66.0 Å². The lowest BCUT2D eigenvalue weighted by Crippen LogP contribution is -2.29. The predicted molar refractivity (Wildman–Crippen MR) is 113 cm³/mol. The first-order valence-corrected chi connectivity index (χ1v) is 10.1. The molecule has 0 saturated carbocycles. The Bertz CT molecular complexity index is 997. The molecule has 1 aromatic heterocycles. The van der Waals surface area contributed by atoms with Gasteiger partial charge in [-0.05, 0) is 18.2 Å². The Kier molecular flexibility index (Phi) is 6.75. The first-order valence-electron chi connectivity index (χ1n) is 8.73. The molecular weight excluding hydrogens is 392 g/mol. The van der Waals surface area contributed by atoms with Crippen molar-refractivity contribution in [3.63, 3.8) is 0 Å². The molecule has 2 aromatic carbocycles. The number of carbonyl (C=O) groups is 1. The molecule has 0 saturated heterocycles. The van der Waals surface area contributed by atoms with Gasteiger partial charge in [0.25, 0.3) is 0 Å². The molecule has 1 amide bonds. The second kappa shape index (κ2) is 9.45. The van der Waals surface area contributed by atoms with Crippen molar-refractivity contribution < 1.29 is 4.79 Å². The van der Waals surface area contributed by atoms with Crippen molar-refractivity contribution in [2.45, 2.75) is 11.6 Å². The molecule has 0 unspecified atom stereocenters. The van der Waals surface area contributed by atoms with Gasteiger partial charge in [0.2, 0.25) is 5.91 Å². The maximum atomic E-state index is 12.3. The Morgan fingerprint density at radius 2 is 2.04 bits per heavy atom. The van der Waals surface area contributed by atoms with Crippen LogP contribution in [0.5, 0.6) is 0 Å².